The molecule has 5 nitrogen and oxygen atoms in total. The third-order valence-corrected chi connectivity index (χ3v) is 7.08. The molecule has 1 aliphatic heterocycles. The van der Waals surface area contributed by atoms with E-state index in [1.165, 1.54) is 40.8 Å². The van der Waals surface area contributed by atoms with E-state index in [4.69, 9.17) is 0 Å². The maximum Gasteiger partial charge on any atom is 0.336 e. The van der Waals surface area contributed by atoms with E-state index >= 15 is 0 Å². The number of rotatable bonds is 4. The number of nitrogens with zero attached hydrogens (tertiary/aromatic N) is 3. The summed E-state index contributed by atoms with van der Waals surface area (Å²) in [4.78, 5) is 18.3. The first kappa shape index (κ1) is 18.7. The van der Waals surface area contributed by atoms with Crippen molar-refractivity contribution in [3.05, 3.63) is 29.5 Å². The second kappa shape index (κ2) is 7.40. The monoisotopic (exact) mass is 386 g/mol. The Bertz CT molecular complexity index is 857. The number of fused-ring (bicyclic) bond motifs is 2. The minimum atomic E-state index is -0.0339. The van der Waals surface area contributed by atoms with Crippen LogP contribution >= 0.6 is 11.8 Å². The van der Waals surface area contributed by atoms with Crippen LogP contribution in [0.5, 0.6) is 0 Å². The van der Waals surface area contributed by atoms with Gasteiger partial charge in [-0.2, -0.15) is 0 Å². The molecule has 6 heteroatoms. The maximum absolute atomic E-state index is 12.7. The molecule has 1 aromatic heterocycles. The largest absolute Gasteiger partial charge is 0.336 e. The molecule has 1 fully saturated rings. The number of hydrogen-bond donors (Lipinski definition) is 1. The Morgan fingerprint density at radius 1 is 1.33 bits per heavy atom. The second-order valence-electron chi connectivity index (χ2n) is 7.73. The molecule has 0 saturated carbocycles. The third-order valence-electron chi connectivity index (χ3n) is 6.37. The van der Waals surface area contributed by atoms with Crippen molar-refractivity contribution in [1.29, 1.82) is 0 Å². The fourth-order valence-electron chi connectivity index (χ4n) is 4.91. The highest BCUT2D eigenvalue weighted by Gasteiger charge is 2.37. The number of nitrogens with one attached hydrogen (secondary N) is 1. The molecule has 1 saturated heterocycles. The summed E-state index contributed by atoms with van der Waals surface area (Å²) in [5.41, 5.74) is 7.10. The van der Waals surface area contributed by atoms with E-state index in [-0.39, 0.29) is 6.03 Å². The first-order chi connectivity index (χ1) is 13.1. The van der Waals surface area contributed by atoms with Crippen molar-refractivity contribution in [2.75, 3.05) is 38.4 Å². The number of urea groups is 1. The smallest absolute Gasteiger partial charge is 0.324 e. The lowest BCUT2D eigenvalue weighted by molar-refractivity contribution is 0.157. The normalized spacial score (nSPS) is 21.9. The van der Waals surface area contributed by atoms with Crippen LogP contribution in [0.4, 0.5) is 4.79 Å². The predicted molar refractivity (Wildman–Crippen MR) is 113 cm³/mol. The molecule has 0 unspecified atom stereocenters. The van der Waals surface area contributed by atoms with Crippen LogP contribution in [0.3, 0.4) is 0 Å². The first-order valence-electron chi connectivity index (χ1n) is 10.0. The molecular formula is C21H30N4OS. The minimum Gasteiger partial charge on any atom is -0.324 e. The van der Waals surface area contributed by atoms with Crippen LogP contribution in [-0.4, -0.2) is 59.5 Å². The number of carbonyl (C=O) groups excluding carboxylic acids is 1. The Balaban J connectivity index is 1.81. The summed E-state index contributed by atoms with van der Waals surface area (Å²) >= 11 is 1.78. The van der Waals surface area contributed by atoms with Crippen LogP contribution in [0.15, 0.2) is 23.2 Å². The summed E-state index contributed by atoms with van der Waals surface area (Å²) in [6, 6.07) is 5.15. The summed E-state index contributed by atoms with van der Waals surface area (Å²) in [5.74, 6) is 0.597. The molecule has 2 amide bonds. The van der Waals surface area contributed by atoms with E-state index in [9.17, 15) is 4.79 Å². The SMILES string of the molecule is CCN(CC)C(=O)Nn1cc2c3c(cc(SC)cc31)[C@H]1CCCN(C)[C@@H]1C2. The van der Waals surface area contributed by atoms with Crippen LogP contribution in [0, 0.1) is 0 Å². The molecule has 2 atom stereocenters. The van der Waals surface area contributed by atoms with Gasteiger partial charge in [0.05, 0.1) is 5.52 Å². The van der Waals surface area contributed by atoms with E-state index in [0.29, 0.717) is 25.0 Å². The first-order valence-corrected chi connectivity index (χ1v) is 11.3. The van der Waals surface area contributed by atoms with Gasteiger partial charge in [0, 0.05) is 41.5 Å². The van der Waals surface area contributed by atoms with Crippen molar-refractivity contribution >= 4 is 28.7 Å². The lowest BCUT2D eigenvalue weighted by Crippen LogP contribution is -2.44. The Morgan fingerprint density at radius 3 is 2.81 bits per heavy atom. The highest BCUT2D eigenvalue weighted by Crippen LogP contribution is 2.44. The molecule has 27 heavy (non-hydrogen) atoms. The molecule has 0 bridgehead atoms. The van der Waals surface area contributed by atoms with E-state index in [0.717, 1.165) is 11.9 Å². The van der Waals surface area contributed by atoms with Crippen molar-refractivity contribution in [3.63, 3.8) is 0 Å². The molecule has 1 aliphatic carbocycles. The second-order valence-corrected chi connectivity index (χ2v) is 8.60. The van der Waals surface area contributed by atoms with Gasteiger partial charge in [-0.25, -0.2) is 10.2 Å². The summed E-state index contributed by atoms with van der Waals surface area (Å²) in [7, 11) is 2.26. The molecule has 1 aromatic carbocycles. The van der Waals surface area contributed by atoms with E-state index in [1.54, 1.807) is 11.8 Å². The number of benzene rings is 1. The average Bonchev–Trinajstić information content (AvgIpc) is 3.01. The molecule has 2 aromatic rings. The molecule has 146 valence electrons. The van der Waals surface area contributed by atoms with Gasteiger partial charge < -0.3 is 9.80 Å². The average molecular weight is 387 g/mol. The zero-order valence-electron chi connectivity index (χ0n) is 16.8. The minimum absolute atomic E-state index is 0.0339. The number of piperidine rings is 1. The van der Waals surface area contributed by atoms with Gasteiger partial charge in [-0.05, 0) is 76.2 Å². The Hall–Kier alpha value is -1.66. The number of likely N-dealkylation sites (tertiary alicyclic amines) is 1. The molecule has 0 spiro atoms. The van der Waals surface area contributed by atoms with Crippen molar-refractivity contribution in [2.45, 2.75) is 50.0 Å². The van der Waals surface area contributed by atoms with Crippen molar-refractivity contribution in [3.8, 4) is 0 Å². The van der Waals surface area contributed by atoms with Gasteiger partial charge in [-0.15, -0.1) is 11.8 Å². The molecule has 0 radical (unpaired) electrons. The van der Waals surface area contributed by atoms with E-state index in [1.807, 2.05) is 23.4 Å². The fraction of sp³-hybridized carbons (Fsp3) is 0.571. The Kier molecular flexibility index (Phi) is 5.12. The third kappa shape index (κ3) is 3.13. The highest BCUT2D eigenvalue weighted by atomic mass is 32.2. The zero-order chi connectivity index (χ0) is 19.1. The number of likely N-dealkylation sites (N-methyl/N-ethyl adjacent to an activating group) is 1. The lowest BCUT2D eigenvalue weighted by atomic mass is 9.75. The molecule has 4 rings (SSSR count). The summed E-state index contributed by atoms with van der Waals surface area (Å²) < 4.78 is 1.96. The number of hydrogen-bond acceptors (Lipinski definition) is 3. The van der Waals surface area contributed by atoms with Crippen LogP contribution in [-0.2, 0) is 6.42 Å². The van der Waals surface area contributed by atoms with Gasteiger partial charge in [-0.3, -0.25) is 4.68 Å². The van der Waals surface area contributed by atoms with Gasteiger partial charge in [-0.1, -0.05) is 0 Å². The van der Waals surface area contributed by atoms with Crippen molar-refractivity contribution in [2.24, 2.45) is 0 Å². The maximum atomic E-state index is 12.7. The van der Waals surface area contributed by atoms with Gasteiger partial charge in [0.1, 0.15) is 0 Å². The van der Waals surface area contributed by atoms with Crippen LogP contribution in [0.2, 0.25) is 0 Å². The number of thioether (sulfide) groups is 1. The van der Waals surface area contributed by atoms with Crippen molar-refractivity contribution < 1.29 is 4.79 Å². The standard InChI is InChI=1S/C21H30N4OS/c1-5-24(6-2)21(26)22-25-13-14-10-18-16(8-7-9-23(18)3)17-11-15(27-4)12-19(25)20(14)17/h11-13,16,18H,5-10H2,1-4H3,(H,22,26)/t16-,18-/m1/s1. The van der Waals surface area contributed by atoms with E-state index in [2.05, 4.69) is 42.0 Å². The van der Waals surface area contributed by atoms with Gasteiger partial charge in [0.25, 0.3) is 0 Å². The predicted octanol–water partition coefficient (Wildman–Crippen LogP) is 4.10. The lowest BCUT2D eigenvalue weighted by Gasteiger charge is -2.42. The number of aromatic nitrogens is 1. The van der Waals surface area contributed by atoms with Gasteiger partial charge in [0.15, 0.2) is 0 Å². The van der Waals surface area contributed by atoms with Crippen LogP contribution < -0.4 is 5.43 Å². The summed E-state index contributed by atoms with van der Waals surface area (Å²) in [6.07, 6.45) is 7.87. The topological polar surface area (TPSA) is 40.5 Å². The molecule has 2 heterocycles. The summed E-state index contributed by atoms with van der Waals surface area (Å²) in [5, 5.41) is 1.36. The van der Waals surface area contributed by atoms with Gasteiger partial charge in [0.2, 0.25) is 0 Å². The summed E-state index contributed by atoms with van der Waals surface area (Å²) in [6.45, 7) is 6.64. The van der Waals surface area contributed by atoms with Crippen molar-refractivity contribution in [1.82, 2.24) is 14.5 Å². The van der Waals surface area contributed by atoms with Gasteiger partial charge >= 0.3 is 6.03 Å². The fourth-order valence-corrected chi connectivity index (χ4v) is 5.38. The molecular weight excluding hydrogens is 356 g/mol. The molecule has 2 aliphatic rings. The quantitative estimate of drug-likeness (QED) is 0.804. The van der Waals surface area contributed by atoms with Crippen LogP contribution in [0.25, 0.3) is 10.9 Å². The van der Waals surface area contributed by atoms with E-state index < -0.39 is 0 Å². The Morgan fingerprint density at radius 2 is 2.11 bits per heavy atom. The Labute approximate surface area is 166 Å². The zero-order valence-corrected chi connectivity index (χ0v) is 17.6. The molecule has 1 N–H and O–H groups in total. The highest BCUT2D eigenvalue weighted by molar-refractivity contribution is 7.98. The number of amides is 2. The van der Waals surface area contributed by atoms with Crippen LogP contribution in [0.1, 0.15) is 43.7 Å². The number of carbonyl (C=O) groups is 1.